The highest BCUT2D eigenvalue weighted by atomic mass is 16.2. The molecule has 3 rings (SSSR count). The van der Waals surface area contributed by atoms with E-state index in [1.165, 1.54) is 0 Å². The number of amides is 1. The van der Waals surface area contributed by atoms with Crippen molar-refractivity contribution in [3.05, 3.63) is 11.4 Å². The van der Waals surface area contributed by atoms with Crippen molar-refractivity contribution in [2.75, 3.05) is 0 Å². The maximum Gasteiger partial charge on any atom is 0.270 e. The van der Waals surface area contributed by atoms with Gasteiger partial charge in [0.05, 0.1) is 0 Å². The molecule has 0 aromatic heterocycles. The minimum absolute atomic E-state index is 0.0360. The average molecular weight is 165 g/mol. The second-order valence-corrected chi connectivity index (χ2v) is 2.99. The number of aliphatic imine (C=N–C) groups is 1. The van der Waals surface area contributed by atoms with Gasteiger partial charge in [-0.05, 0) is 13.3 Å². The lowest BCUT2D eigenvalue weighted by molar-refractivity contribution is -0.114. The Hall–Kier alpha value is -1.32. The molecule has 4 nitrogen and oxygen atoms in total. The third-order valence-corrected chi connectivity index (χ3v) is 2.21. The summed E-state index contributed by atoms with van der Waals surface area (Å²) in [5, 5.41) is 5.80. The molecule has 2 N–H and O–H groups in total. The highest BCUT2D eigenvalue weighted by Gasteiger charge is 2.31. The number of fused-ring (bicyclic) bond motifs is 2. The first-order valence-corrected chi connectivity index (χ1v) is 4.07. The Morgan fingerprint density at radius 3 is 2.92 bits per heavy atom. The SMILES string of the molecule is CCC1=NC2NC(=C2C)NC1=O. The minimum atomic E-state index is -0.0700. The lowest BCUT2D eigenvalue weighted by Crippen LogP contribution is -2.45. The van der Waals surface area contributed by atoms with Gasteiger partial charge >= 0.3 is 0 Å². The smallest absolute Gasteiger partial charge is 0.270 e. The zero-order chi connectivity index (χ0) is 8.72. The predicted molar refractivity (Wildman–Crippen MR) is 45.5 cm³/mol. The van der Waals surface area contributed by atoms with Crippen molar-refractivity contribution in [2.24, 2.45) is 4.99 Å². The molecule has 3 aliphatic heterocycles. The average Bonchev–Trinajstić information content (AvgIpc) is 2.30. The molecule has 0 saturated heterocycles. The van der Waals surface area contributed by atoms with Gasteiger partial charge in [0.15, 0.2) is 0 Å². The quantitative estimate of drug-likeness (QED) is 0.580. The van der Waals surface area contributed by atoms with Crippen LogP contribution in [0.5, 0.6) is 0 Å². The van der Waals surface area contributed by atoms with Crippen LogP contribution in [0.15, 0.2) is 16.4 Å². The van der Waals surface area contributed by atoms with E-state index >= 15 is 0 Å². The molecule has 0 aromatic rings. The number of carbonyl (C=O) groups is 1. The van der Waals surface area contributed by atoms with E-state index in [-0.39, 0.29) is 12.1 Å². The van der Waals surface area contributed by atoms with E-state index in [4.69, 9.17) is 0 Å². The maximum absolute atomic E-state index is 11.3. The molecule has 64 valence electrons. The topological polar surface area (TPSA) is 53.5 Å². The summed E-state index contributed by atoms with van der Waals surface area (Å²) in [5.74, 6) is 0.761. The van der Waals surface area contributed by atoms with Gasteiger partial charge in [-0.15, -0.1) is 0 Å². The number of hydrogen-bond acceptors (Lipinski definition) is 3. The normalized spacial score (nSPS) is 26.7. The fraction of sp³-hybridized carbons (Fsp3) is 0.500. The molecule has 3 heterocycles. The Morgan fingerprint density at radius 1 is 1.58 bits per heavy atom. The van der Waals surface area contributed by atoms with Gasteiger partial charge < -0.3 is 10.6 Å². The van der Waals surface area contributed by atoms with Gasteiger partial charge in [0.2, 0.25) is 0 Å². The molecule has 0 aromatic carbocycles. The Labute approximate surface area is 70.7 Å². The molecule has 1 amide bonds. The van der Waals surface area contributed by atoms with Crippen molar-refractivity contribution in [2.45, 2.75) is 26.4 Å². The van der Waals surface area contributed by atoms with E-state index in [2.05, 4.69) is 15.6 Å². The van der Waals surface area contributed by atoms with Crippen LogP contribution < -0.4 is 10.6 Å². The van der Waals surface area contributed by atoms with E-state index in [0.29, 0.717) is 12.1 Å². The molecule has 3 aliphatic rings. The van der Waals surface area contributed by atoms with Gasteiger partial charge in [0.1, 0.15) is 17.7 Å². The summed E-state index contributed by atoms with van der Waals surface area (Å²) < 4.78 is 0. The van der Waals surface area contributed by atoms with E-state index in [9.17, 15) is 4.79 Å². The molecule has 0 fully saturated rings. The van der Waals surface area contributed by atoms with E-state index in [0.717, 1.165) is 11.4 Å². The Balaban J connectivity index is 2.33. The fourth-order valence-corrected chi connectivity index (χ4v) is 1.33. The van der Waals surface area contributed by atoms with Crippen LogP contribution in [0.2, 0.25) is 0 Å². The maximum atomic E-state index is 11.3. The fourth-order valence-electron chi connectivity index (χ4n) is 1.33. The first-order chi connectivity index (χ1) is 5.72. The summed E-state index contributed by atoms with van der Waals surface area (Å²) in [5.41, 5.74) is 1.74. The third-order valence-electron chi connectivity index (χ3n) is 2.21. The zero-order valence-corrected chi connectivity index (χ0v) is 7.14. The Morgan fingerprint density at radius 2 is 2.33 bits per heavy atom. The van der Waals surface area contributed by atoms with Crippen LogP contribution in [-0.2, 0) is 4.79 Å². The van der Waals surface area contributed by atoms with Gasteiger partial charge in [-0.2, -0.15) is 0 Å². The molecule has 0 saturated carbocycles. The third kappa shape index (κ3) is 0.841. The number of rotatable bonds is 1. The minimum Gasteiger partial charge on any atom is -0.346 e. The molecule has 0 spiro atoms. The van der Waals surface area contributed by atoms with Crippen LogP contribution in [0, 0.1) is 0 Å². The highest BCUT2D eigenvalue weighted by molar-refractivity contribution is 6.39. The van der Waals surface area contributed by atoms with Gasteiger partial charge in [-0.25, -0.2) is 0 Å². The number of nitrogens with zero attached hydrogens (tertiary/aromatic N) is 1. The molecule has 1 atom stereocenters. The van der Waals surface area contributed by atoms with Crippen molar-refractivity contribution >= 4 is 11.6 Å². The molecule has 12 heavy (non-hydrogen) atoms. The molecular formula is C8H11N3O. The Kier molecular flexibility index (Phi) is 1.43. The van der Waals surface area contributed by atoms with Crippen molar-refractivity contribution in [1.29, 1.82) is 0 Å². The lowest BCUT2D eigenvalue weighted by atomic mass is 10.1. The van der Waals surface area contributed by atoms with Crippen LogP contribution in [0.1, 0.15) is 20.3 Å². The van der Waals surface area contributed by atoms with Crippen molar-refractivity contribution in [3.8, 4) is 0 Å². The summed E-state index contributed by atoms with van der Waals surface area (Å²) in [4.78, 5) is 15.6. The number of hydrogen-bond donors (Lipinski definition) is 2. The van der Waals surface area contributed by atoms with Crippen LogP contribution in [0.3, 0.4) is 0 Å². The predicted octanol–water partition coefficient (Wildman–Crippen LogP) is 0.128. The monoisotopic (exact) mass is 165 g/mol. The first kappa shape index (κ1) is 7.34. The standard InChI is InChI=1S/C8H11N3O/c1-3-5-8(12)11-7-4(2)6(9-5)10-7/h6,10H,3H2,1-2H3,(H,11,12). The molecule has 4 heteroatoms. The number of nitrogens with one attached hydrogen (secondary N) is 2. The summed E-state index contributed by atoms with van der Waals surface area (Å²) >= 11 is 0. The van der Waals surface area contributed by atoms with E-state index in [1.54, 1.807) is 0 Å². The summed E-state index contributed by atoms with van der Waals surface area (Å²) in [6, 6.07) is 0. The van der Waals surface area contributed by atoms with Crippen LogP contribution >= 0.6 is 0 Å². The van der Waals surface area contributed by atoms with Gasteiger partial charge in [0, 0.05) is 5.57 Å². The van der Waals surface area contributed by atoms with E-state index < -0.39 is 0 Å². The largest absolute Gasteiger partial charge is 0.346 e. The van der Waals surface area contributed by atoms with Gasteiger partial charge in [-0.1, -0.05) is 6.92 Å². The van der Waals surface area contributed by atoms with Crippen LogP contribution in [-0.4, -0.2) is 17.8 Å². The zero-order valence-electron chi connectivity index (χ0n) is 7.14. The Bertz CT molecular complexity index is 303. The molecular weight excluding hydrogens is 154 g/mol. The summed E-state index contributed by atoms with van der Waals surface area (Å²) in [6.07, 6.45) is 0.721. The van der Waals surface area contributed by atoms with Crippen LogP contribution in [0.4, 0.5) is 0 Å². The van der Waals surface area contributed by atoms with Gasteiger partial charge in [0.25, 0.3) is 5.91 Å². The first-order valence-electron chi connectivity index (χ1n) is 4.07. The molecule has 2 bridgehead atoms. The molecule has 1 unspecified atom stereocenters. The summed E-state index contributed by atoms with van der Waals surface area (Å²) in [6.45, 7) is 3.90. The highest BCUT2D eigenvalue weighted by Crippen LogP contribution is 2.20. The second-order valence-electron chi connectivity index (χ2n) is 2.99. The number of carbonyl (C=O) groups excluding carboxylic acids is 1. The lowest BCUT2D eigenvalue weighted by Gasteiger charge is -2.28. The van der Waals surface area contributed by atoms with E-state index in [1.807, 2.05) is 13.8 Å². The van der Waals surface area contributed by atoms with Gasteiger partial charge in [-0.3, -0.25) is 9.79 Å². The second kappa shape index (κ2) is 2.33. The van der Waals surface area contributed by atoms with Crippen molar-refractivity contribution < 1.29 is 4.79 Å². The molecule has 0 aliphatic carbocycles. The van der Waals surface area contributed by atoms with Crippen molar-refractivity contribution in [1.82, 2.24) is 10.6 Å². The molecule has 0 radical (unpaired) electrons. The van der Waals surface area contributed by atoms with Crippen LogP contribution in [0.25, 0.3) is 0 Å². The van der Waals surface area contributed by atoms with Crippen molar-refractivity contribution in [3.63, 3.8) is 0 Å². The summed E-state index contributed by atoms with van der Waals surface area (Å²) in [7, 11) is 0.